The maximum atomic E-state index is 11.0. The van der Waals surface area contributed by atoms with E-state index >= 15 is 0 Å². The maximum absolute atomic E-state index is 11.0. The first-order valence-electron chi connectivity index (χ1n) is 5.43. The van der Waals surface area contributed by atoms with Crippen LogP contribution in [-0.4, -0.2) is 12.6 Å². The van der Waals surface area contributed by atoms with Crippen LogP contribution in [0.4, 0.5) is 0 Å². The van der Waals surface area contributed by atoms with Crippen LogP contribution in [0.5, 0.6) is 0 Å². The normalized spacial score (nSPS) is 11.1. The summed E-state index contributed by atoms with van der Waals surface area (Å²) in [5, 5.41) is 0. The van der Waals surface area contributed by atoms with Gasteiger partial charge in [0.05, 0.1) is 6.61 Å². The number of ether oxygens (including phenoxy) is 1. The molecule has 2 nitrogen and oxygen atoms in total. The summed E-state index contributed by atoms with van der Waals surface area (Å²) < 4.78 is 5.13. The molecule has 0 radical (unpaired) electrons. The second kappa shape index (κ2) is 6.63. The number of carbonyl (C=O) groups is 1. The average molecular weight is 198 g/mol. The van der Waals surface area contributed by atoms with Crippen molar-refractivity contribution in [1.29, 1.82) is 0 Å². The van der Waals surface area contributed by atoms with Crippen molar-refractivity contribution >= 4 is 5.97 Å². The van der Waals surface area contributed by atoms with Crippen LogP contribution in [0.1, 0.15) is 46.5 Å². The quantitative estimate of drug-likeness (QED) is 0.463. The Morgan fingerprint density at radius 2 is 1.93 bits per heavy atom. The molecule has 0 saturated heterocycles. The van der Waals surface area contributed by atoms with E-state index in [1.54, 1.807) is 0 Å². The van der Waals surface area contributed by atoms with E-state index in [0.717, 1.165) is 25.7 Å². The summed E-state index contributed by atoms with van der Waals surface area (Å²) in [6.07, 6.45) is 5.59. The van der Waals surface area contributed by atoms with Crippen LogP contribution in [-0.2, 0) is 9.53 Å². The minimum atomic E-state index is -0.313. The molecule has 0 rings (SSSR count). The second-order valence-electron chi connectivity index (χ2n) is 3.77. The fraction of sp³-hybridized carbons (Fsp3) is 0.750. The Balaban J connectivity index is 4.19. The summed E-state index contributed by atoms with van der Waals surface area (Å²) in [4.78, 5) is 11.0. The van der Waals surface area contributed by atoms with Crippen LogP contribution in [0.2, 0.25) is 0 Å². The first-order valence-corrected chi connectivity index (χ1v) is 5.43. The smallest absolute Gasteiger partial charge is 0.330 e. The Hall–Kier alpha value is -0.790. The number of hydrogen-bond acceptors (Lipinski definition) is 2. The van der Waals surface area contributed by atoms with Crippen LogP contribution in [0, 0.1) is 5.41 Å². The van der Waals surface area contributed by atoms with E-state index in [1.165, 1.54) is 6.08 Å². The van der Waals surface area contributed by atoms with Gasteiger partial charge in [0, 0.05) is 11.5 Å². The van der Waals surface area contributed by atoms with Crippen molar-refractivity contribution in [3.63, 3.8) is 0 Å². The van der Waals surface area contributed by atoms with Crippen molar-refractivity contribution in [2.75, 3.05) is 6.61 Å². The minimum absolute atomic E-state index is 0.174. The average Bonchev–Trinajstić information content (AvgIpc) is 2.24. The molecule has 0 aliphatic carbocycles. The fourth-order valence-electron chi connectivity index (χ4n) is 1.69. The van der Waals surface area contributed by atoms with Crippen LogP contribution in [0.25, 0.3) is 0 Å². The predicted molar refractivity (Wildman–Crippen MR) is 59.1 cm³/mol. The SMILES string of the molecule is C=CC(=O)OCC(CC)(CC)CCC. The Morgan fingerprint density at radius 3 is 2.29 bits per heavy atom. The highest BCUT2D eigenvalue weighted by Gasteiger charge is 2.26. The highest BCUT2D eigenvalue weighted by Crippen LogP contribution is 2.32. The fourth-order valence-corrected chi connectivity index (χ4v) is 1.69. The molecule has 0 heterocycles. The van der Waals surface area contributed by atoms with Gasteiger partial charge in [0.15, 0.2) is 0 Å². The van der Waals surface area contributed by atoms with Gasteiger partial charge in [-0.2, -0.15) is 0 Å². The number of rotatable bonds is 7. The molecule has 0 aromatic heterocycles. The lowest BCUT2D eigenvalue weighted by Gasteiger charge is -2.30. The van der Waals surface area contributed by atoms with Gasteiger partial charge in [-0.3, -0.25) is 0 Å². The molecule has 82 valence electrons. The van der Waals surface area contributed by atoms with Crippen LogP contribution < -0.4 is 0 Å². The third kappa shape index (κ3) is 3.95. The molecule has 0 atom stereocenters. The first kappa shape index (κ1) is 13.2. The van der Waals surface area contributed by atoms with E-state index in [1.807, 2.05) is 0 Å². The van der Waals surface area contributed by atoms with Gasteiger partial charge in [-0.1, -0.05) is 33.8 Å². The molecule has 0 spiro atoms. The van der Waals surface area contributed by atoms with Gasteiger partial charge in [0.1, 0.15) is 0 Å². The predicted octanol–water partition coefficient (Wildman–Crippen LogP) is 3.32. The lowest BCUT2D eigenvalue weighted by atomic mass is 9.79. The Bertz CT molecular complexity index is 181. The van der Waals surface area contributed by atoms with Crippen LogP contribution >= 0.6 is 0 Å². The van der Waals surface area contributed by atoms with Crippen molar-refractivity contribution in [1.82, 2.24) is 0 Å². The van der Waals surface area contributed by atoms with Gasteiger partial charge in [-0.05, 0) is 19.3 Å². The topological polar surface area (TPSA) is 26.3 Å². The molecule has 0 N–H and O–H groups in total. The Kier molecular flexibility index (Phi) is 6.26. The number of carbonyl (C=O) groups excluding carboxylic acids is 1. The van der Waals surface area contributed by atoms with Crippen molar-refractivity contribution < 1.29 is 9.53 Å². The molecule has 0 aromatic rings. The summed E-state index contributed by atoms with van der Waals surface area (Å²) in [5.41, 5.74) is 0.174. The van der Waals surface area contributed by atoms with E-state index in [-0.39, 0.29) is 11.4 Å². The first-order chi connectivity index (χ1) is 6.64. The van der Waals surface area contributed by atoms with Gasteiger partial charge < -0.3 is 4.74 Å². The molecule has 0 fully saturated rings. The molecule has 0 aliphatic heterocycles. The van der Waals surface area contributed by atoms with Gasteiger partial charge >= 0.3 is 5.97 Å². The molecule has 14 heavy (non-hydrogen) atoms. The molecule has 0 saturated carbocycles. The van der Waals surface area contributed by atoms with Gasteiger partial charge in [-0.15, -0.1) is 0 Å². The molecule has 0 unspecified atom stereocenters. The van der Waals surface area contributed by atoms with E-state index < -0.39 is 0 Å². The molecule has 2 heteroatoms. The van der Waals surface area contributed by atoms with Crippen LogP contribution in [0.3, 0.4) is 0 Å². The van der Waals surface area contributed by atoms with Crippen molar-refractivity contribution in [3.05, 3.63) is 12.7 Å². The third-order valence-corrected chi connectivity index (χ3v) is 2.97. The van der Waals surface area contributed by atoms with Crippen LogP contribution in [0.15, 0.2) is 12.7 Å². The standard InChI is InChI=1S/C12H22O2/c1-5-9-12(7-3,8-4)10-14-11(13)6-2/h6H,2,5,7-10H2,1,3-4H3. The maximum Gasteiger partial charge on any atom is 0.330 e. The highest BCUT2D eigenvalue weighted by atomic mass is 16.5. The second-order valence-corrected chi connectivity index (χ2v) is 3.77. The molecular weight excluding hydrogens is 176 g/mol. The zero-order chi connectivity index (χ0) is 11.0. The number of esters is 1. The van der Waals surface area contributed by atoms with Crippen molar-refractivity contribution in [3.8, 4) is 0 Å². The summed E-state index contributed by atoms with van der Waals surface area (Å²) >= 11 is 0. The lowest BCUT2D eigenvalue weighted by molar-refractivity contribution is -0.141. The molecule has 0 aliphatic rings. The van der Waals surface area contributed by atoms with Crippen molar-refractivity contribution in [2.45, 2.75) is 46.5 Å². The molecule has 0 amide bonds. The summed E-state index contributed by atoms with van der Waals surface area (Å²) in [5.74, 6) is -0.313. The summed E-state index contributed by atoms with van der Waals surface area (Å²) in [6.45, 7) is 10.4. The van der Waals surface area contributed by atoms with Gasteiger partial charge in [0.2, 0.25) is 0 Å². The largest absolute Gasteiger partial charge is 0.462 e. The zero-order valence-electron chi connectivity index (χ0n) is 9.64. The van der Waals surface area contributed by atoms with E-state index in [2.05, 4.69) is 27.4 Å². The van der Waals surface area contributed by atoms with E-state index in [0.29, 0.717) is 6.61 Å². The van der Waals surface area contributed by atoms with E-state index in [9.17, 15) is 4.79 Å². The summed E-state index contributed by atoms with van der Waals surface area (Å²) in [7, 11) is 0. The highest BCUT2D eigenvalue weighted by molar-refractivity contribution is 5.81. The minimum Gasteiger partial charge on any atom is -0.462 e. The van der Waals surface area contributed by atoms with Crippen molar-refractivity contribution in [2.24, 2.45) is 5.41 Å². The number of hydrogen-bond donors (Lipinski definition) is 0. The lowest BCUT2D eigenvalue weighted by Crippen LogP contribution is -2.26. The van der Waals surface area contributed by atoms with Gasteiger partial charge in [0.25, 0.3) is 0 Å². The monoisotopic (exact) mass is 198 g/mol. The molecular formula is C12H22O2. The Morgan fingerprint density at radius 1 is 1.36 bits per heavy atom. The Labute approximate surface area is 87.3 Å². The molecule has 0 aromatic carbocycles. The summed E-state index contributed by atoms with van der Waals surface area (Å²) in [6, 6.07) is 0. The third-order valence-electron chi connectivity index (χ3n) is 2.97. The zero-order valence-corrected chi connectivity index (χ0v) is 9.64. The van der Waals surface area contributed by atoms with E-state index in [4.69, 9.17) is 4.74 Å². The molecule has 0 bridgehead atoms. The van der Waals surface area contributed by atoms with Gasteiger partial charge in [-0.25, -0.2) is 4.79 Å².